The molecule has 5 heteroatoms. The molecule has 1 N–H and O–H groups in total. The lowest BCUT2D eigenvalue weighted by Crippen LogP contribution is -2.07. The Hall–Kier alpha value is -1.49. The molecule has 0 radical (unpaired) electrons. The predicted octanol–water partition coefficient (Wildman–Crippen LogP) is 3.34. The maximum atomic E-state index is 4.78. The molecule has 0 atom stereocenters. The van der Waals surface area contributed by atoms with Gasteiger partial charge in [-0.15, -0.1) is 11.3 Å². The zero-order valence-corrected chi connectivity index (χ0v) is 13.0. The van der Waals surface area contributed by atoms with Gasteiger partial charge in [-0.25, -0.2) is 15.0 Å². The zero-order valence-electron chi connectivity index (χ0n) is 12.1. The van der Waals surface area contributed by atoms with Gasteiger partial charge < -0.3 is 5.32 Å². The second-order valence-corrected chi connectivity index (χ2v) is 7.10. The van der Waals surface area contributed by atoms with Gasteiger partial charge in [0.25, 0.3) is 0 Å². The Balaban J connectivity index is 1.34. The summed E-state index contributed by atoms with van der Waals surface area (Å²) in [5.74, 6) is 2.57. The summed E-state index contributed by atoms with van der Waals surface area (Å²) in [6, 6.07) is 1.96. The number of fused-ring (bicyclic) bond motifs is 1. The Labute approximate surface area is 129 Å². The topological polar surface area (TPSA) is 50.7 Å². The van der Waals surface area contributed by atoms with Crippen LogP contribution >= 0.6 is 11.3 Å². The number of hydrogen-bond acceptors (Lipinski definition) is 5. The molecular weight excluding hydrogens is 280 g/mol. The fraction of sp³-hybridized carbons (Fsp3) is 0.562. The van der Waals surface area contributed by atoms with E-state index in [1.54, 1.807) is 0 Å². The fourth-order valence-corrected chi connectivity index (χ4v) is 3.98. The minimum atomic E-state index is 0.609. The number of anilines is 1. The highest BCUT2D eigenvalue weighted by atomic mass is 32.1. The lowest BCUT2D eigenvalue weighted by molar-refractivity contribution is 0.680. The van der Waals surface area contributed by atoms with Gasteiger partial charge in [-0.1, -0.05) is 0 Å². The zero-order chi connectivity index (χ0) is 14.1. The molecule has 0 unspecified atom stereocenters. The summed E-state index contributed by atoms with van der Waals surface area (Å²) in [5, 5.41) is 4.68. The molecule has 110 valence electrons. The number of rotatable bonds is 5. The monoisotopic (exact) mass is 300 g/mol. The van der Waals surface area contributed by atoms with Crippen LogP contribution in [0.2, 0.25) is 0 Å². The summed E-state index contributed by atoms with van der Waals surface area (Å²) in [4.78, 5) is 15.2. The van der Waals surface area contributed by atoms with Crippen LogP contribution in [-0.4, -0.2) is 21.5 Å². The largest absolute Gasteiger partial charge is 0.370 e. The van der Waals surface area contributed by atoms with E-state index < -0.39 is 0 Å². The summed E-state index contributed by atoms with van der Waals surface area (Å²) in [6.07, 6.45) is 10.4. The highest BCUT2D eigenvalue weighted by Crippen LogP contribution is 2.38. The van der Waals surface area contributed by atoms with E-state index >= 15 is 0 Å². The highest BCUT2D eigenvalue weighted by molar-refractivity contribution is 7.11. The maximum absolute atomic E-state index is 4.78. The molecule has 1 saturated carbocycles. The van der Waals surface area contributed by atoms with E-state index in [-0.39, 0.29) is 0 Å². The molecule has 0 amide bonds. The molecule has 0 aliphatic heterocycles. The van der Waals surface area contributed by atoms with Gasteiger partial charge in [0.05, 0.1) is 10.7 Å². The van der Waals surface area contributed by atoms with Crippen LogP contribution in [0.5, 0.6) is 0 Å². The smallest absolute Gasteiger partial charge is 0.133 e. The van der Waals surface area contributed by atoms with E-state index in [0.29, 0.717) is 5.92 Å². The second-order valence-electron chi connectivity index (χ2n) is 5.94. The van der Waals surface area contributed by atoms with Crippen LogP contribution in [0, 0.1) is 0 Å². The maximum Gasteiger partial charge on any atom is 0.133 e. The SMILES string of the molecule is c1cc(NCCc2nc3c(s2)CCCC3)nc(C2CC2)n1. The van der Waals surface area contributed by atoms with Crippen molar-refractivity contribution in [2.75, 3.05) is 11.9 Å². The number of aryl methyl sites for hydroxylation is 2. The normalized spacial score (nSPS) is 17.5. The summed E-state index contributed by atoms with van der Waals surface area (Å²) >= 11 is 1.90. The van der Waals surface area contributed by atoms with Crippen molar-refractivity contribution in [3.05, 3.63) is 33.7 Å². The van der Waals surface area contributed by atoms with Gasteiger partial charge in [0.15, 0.2) is 0 Å². The number of nitrogens with zero attached hydrogens (tertiary/aromatic N) is 3. The molecule has 2 aliphatic rings. The fourth-order valence-electron chi connectivity index (χ4n) is 2.82. The molecule has 0 saturated heterocycles. The molecule has 0 aromatic carbocycles. The van der Waals surface area contributed by atoms with E-state index in [9.17, 15) is 0 Å². The van der Waals surface area contributed by atoms with Crippen LogP contribution in [-0.2, 0) is 19.3 Å². The third-order valence-electron chi connectivity index (χ3n) is 4.15. The average Bonchev–Trinajstić information content (AvgIpc) is 3.28. The molecule has 0 spiro atoms. The molecule has 2 aromatic heterocycles. The van der Waals surface area contributed by atoms with Crippen molar-refractivity contribution in [1.29, 1.82) is 0 Å². The third kappa shape index (κ3) is 3.07. The Morgan fingerprint density at radius 1 is 1.19 bits per heavy atom. The van der Waals surface area contributed by atoms with Crippen LogP contribution in [0.4, 0.5) is 5.82 Å². The Morgan fingerprint density at radius 2 is 2.10 bits per heavy atom. The molecule has 4 nitrogen and oxygen atoms in total. The van der Waals surface area contributed by atoms with Crippen LogP contribution < -0.4 is 5.32 Å². The molecule has 2 aromatic rings. The van der Waals surface area contributed by atoms with Gasteiger partial charge >= 0.3 is 0 Å². The molecule has 4 rings (SSSR count). The first kappa shape index (κ1) is 13.2. The molecule has 1 fully saturated rings. The van der Waals surface area contributed by atoms with Gasteiger partial charge in [0.2, 0.25) is 0 Å². The van der Waals surface area contributed by atoms with Gasteiger partial charge in [-0.3, -0.25) is 0 Å². The average molecular weight is 300 g/mol. The van der Waals surface area contributed by atoms with Crippen molar-refractivity contribution >= 4 is 17.2 Å². The minimum absolute atomic E-state index is 0.609. The lowest BCUT2D eigenvalue weighted by atomic mass is 10.0. The summed E-state index contributed by atoms with van der Waals surface area (Å²) in [7, 11) is 0. The second kappa shape index (κ2) is 5.72. The first-order valence-corrected chi connectivity index (χ1v) is 8.74. The predicted molar refractivity (Wildman–Crippen MR) is 85.0 cm³/mol. The quantitative estimate of drug-likeness (QED) is 0.920. The molecular formula is C16H20N4S. The van der Waals surface area contributed by atoms with Crippen molar-refractivity contribution in [1.82, 2.24) is 15.0 Å². The van der Waals surface area contributed by atoms with E-state index in [1.807, 2.05) is 23.6 Å². The number of nitrogens with one attached hydrogen (secondary N) is 1. The molecule has 2 aliphatic carbocycles. The van der Waals surface area contributed by atoms with Crippen molar-refractivity contribution in [2.24, 2.45) is 0 Å². The lowest BCUT2D eigenvalue weighted by Gasteiger charge is -2.06. The number of aromatic nitrogens is 3. The summed E-state index contributed by atoms with van der Waals surface area (Å²) in [5.41, 5.74) is 1.36. The number of thiazole rings is 1. The first-order chi connectivity index (χ1) is 10.4. The van der Waals surface area contributed by atoms with Crippen molar-refractivity contribution in [3.8, 4) is 0 Å². The third-order valence-corrected chi connectivity index (χ3v) is 5.37. The standard InChI is InChI=1S/C16H20N4S/c1-2-4-13-12(3-1)19-15(21-13)8-10-17-14-7-9-18-16(20-14)11-5-6-11/h7,9,11H,1-6,8,10H2,(H,17,18,20). The molecule has 2 heterocycles. The Morgan fingerprint density at radius 3 is 2.95 bits per heavy atom. The minimum Gasteiger partial charge on any atom is -0.370 e. The highest BCUT2D eigenvalue weighted by Gasteiger charge is 2.26. The van der Waals surface area contributed by atoms with Gasteiger partial charge in [-0.2, -0.15) is 0 Å². The van der Waals surface area contributed by atoms with Crippen LogP contribution in [0.1, 0.15) is 53.0 Å². The Bertz CT molecular complexity index is 609. The molecule has 21 heavy (non-hydrogen) atoms. The van der Waals surface area contributed by atoms with Gasteiger partial charge in [0.1, 0.15) is 11.6 Å². The van der Waals surface area contributed by atoms with Crippen LogP contribution in [0.25, 0.3) is 0 Å². The van der Waals surface area contributed by atoms with Crippen molar-refractivity contribution in [2.45, 2.75) is 50.9 Å². The van der Waals surface area contributed by atoms with E-state index in [2.05, 4.69) is 15.3 Å². The Kier molecular flexibility index (Phi) is 3.59. The van der Waals surface area contributed by atoms with Gasteiger partial charge in [-0.05, 0) is 44.6 Å². The summed E-state index contributed by atoms with van der Waals surface area (Å²) in [6.45, 7) is 0.896. The van der Waals surface area contributed by atoms with E-state index in [4.69, 9.17) is 4.98 Å². The van der Waals surface area contributed by atoms with Crippen LogP contribution in [0.3, 0.4) is 0 Å². The van der Waals surface area contributed by atoms with Crippen LogP contribution in [0.15, 0.2) is 12.3 Å². The van der Waals surface area contributed by atoms with E-state index in [1.165, 1.54) is 54.1 Å². The van der Waals surface area contributed by atoms with Crippen molar-refractivity contribution < 1.29 is 0 Å². The molecule has 0 bridgehead atoms. The van der Waals surface area contributed by atoms with Gasteiger partial charge in [0, 0.05) is 30.0 Å². The summed E-state index contributed by atoms with van der Waals surface area (Å²) < 4.78 is 0. The first-order valence-electron chi connectivity index (χ1n) is 7.93. The number of hydrogen-bond donors (Lipinski definition) is 1. The van der Waals surface area contributed by atoms with Crippen molar-refractivity contribution in [3.63, 3.8) is 0 Å². The van der Waals surface area contributed by atoms with E-state index in [0.717, 1.165) is 24.6 Å².